The van der Waals surface area contributed by atoms with E-state index in [2.05, 4.69) is 5.32 Å². The number of amides is 1. The number of nitrogens with one attached hydrogen (secondary N) is 1. The van der Waals surface area contributed by atoms with Gasteiger partial charge in [0.15, 0.2) is 5.78 Å². The molecule has 4 aromatic rings. The van der Waals surface area contributed by atoms with Gasteiger partial charge in [-0.3, -0.25) is 19.0 Å². The summed E-state index contributed by atoms with van der Waals surface area (Å²) in [6.45, 7) is 1.30. The molecule has 1 atom stereocenters. The highest BCUT2D eigenvalue weighted by Crippen LogP contribution is 2.34. The smallest absolute Gasteiger partial charge is 0.335 e. The molecule has 0 spiro atoms. The quantitative estimate of drug-likeness (QED) is 0.265. The summed E-state index contributed by atoms with van der Waals surface area (Å²) in [5.74, 6) is -2.88. The fourth-order valence-corrected chi connectivity index (χ4v) is 3.95. The summed E-state index contributed by atoms with van der Waals surface area (Å²) in [4.78, 5) is 51.4. The third-order valence-corrected chi connectivity index (χ3v) is 5.86. The Kier molecular flexibility index (Phi) is 5.86. The zero-order valence-electron chi connectivity index (χ0n) is 27.6. The average Bonchev–Trinajstić information content (AvgIpc) is 2.99. The van der Waals surface area contributed by atoms with Crippen molar-refractivity contribution in [1.82, 2.24) is 4.57 Å². The number of carboxylic acid groups (broad SMARTS) is 1. The summed E-state index contributed by atoms with van der Waals surface area (Å²) in [5.41, 5.74) is -1.47. The monoisotopic (exact) mass is 551 g/mol. The minimum atomic E-state index is -3.14. The minimum Gasteiger partial charge on any atom is -0.495 e. The Morgan fingerprint density at radius 3 is 2.38 bits per heavy atom. The number of ketones is 1. The molecule has 4 rings (SSSR count). The van der Waals surface area contributed by atoms with Crippen LogP contribution in [0.2, 0.25) is 5.02 Å². The number of pyridine rings is 1. The number of nitrogens with zero attached hydrogens (tertiary/aromatic N) is 1. The Morgan fingerprint density at radius 2 is 1.77 bits per heavy atom. The molecule has 9 heteroatoms. The number of benzene rings is 3. The van der Waals surface area contributed by atoms with Crippen molar-refractivity contribution in [1.29, 1.82) is 0 Å². The van der Waals surface area contributed by atoms with Crippen molar-refractivity contribution in [2.45, 2.75) is 19.3 Å². The van der Waals surface area contributed by atoms with Gasteiger partial charge in [-0.25, -0.2) is 4.79 Å². The predicted molar refractivity (Wildman–Crippen MR) is 149 cm³/mol. The lowest BCUT2D eigenvalue weighted by Crippen LogP contribution is -2.34. The molecule has 3 aromatic carbocycles. The molecule has 1 aromatic heterocycles. The molecule has 0 bridgehead atoms. The molecule has 0 radical (unpaired) electrons. The largest absolute Gasteiger partial charge is 0.495 e. The third-order valence-electron chi connectivity index (χ3n) is 5.62. The zero-order chi connectivity index (χ0) is 34.2. The number of carbonyl (C=O) groups excluding carboxylic acids is 2. The number of rotatable bonds is 9. The van der Waals surface area contributed by atoms with Gasteiger partial charge in [-0.15, -0.1) is 0 Å². The molecule has 0 saturated carbocycles. The van der Waals surface area contributed by atoms with Crippen molar-refractivity contribution in [3.05, 3.63) is 117 Å². The van der Waals surface area contributed by atoms with E-state index >= 15 is 0 Å². The maximum atomic E-state index is 13.9. The molecular formula is C30H25ClN2O6. The summed E-state index contributed by atoms with van der Waals surface area (Å²) in [5, 5.41) is 11.8. The molecule has 0 aliphatic rings. The molecule has 0 aliphatic carbocycles. The van der Waals surface area contributed by atoms with Crippen LogP contribution in [0.25, 0.3) is 11.1 Å². The molecular weight excluding hydrogens is 520 g/mol. The molecule has 1 amide bonds. The summed E-state index contributed by atoms with van der Waals surface area (Å²) < 4.78 is 65.0. The molecule has 198 valence electrons. The van der Waals surface area contributed by atoms with E-state index in [1.54, 1.807) is 0 Å². The first-order chi connectivity index (χ1) is 21.5. The van der Waals surface area contributed by atoms with E-state index in [1.165, 1.54) is 56.5 Å². The Morgan fingerprint density at radius 1 is 1.08 bits per heavy atom. The summed E-state index contributed by atoms with van der Waals surface area (Å²) in [6.07, 6.45) is -2.14. The number of hydrogen-bond acceptors (Lipinski definition) is 5. The van der Waals surface area contributed by atoms with Crippen LogP contribution in [0, 0.1) is 0 Å². The first kappa shape index (κ1) is 19.4. The number of Topliss-reactive ketones (excluding diaryl/α,β-unsaturated/α-hetero) is 1. The highest BCUT2D eigenvalue weighted by molar-refractivity contribution is 6.31. The number of aromatic carboxylic acids is 1. The Bertz CT molecular complexity index is 1940. The lowest BCUT2D eigenvalue weighted by molar-refractivity contribution is -0.119. The maximum Gasteiger partial charge on any atom is 0.335 e. The average molecular weight is 552 g/mol. The van der Waals surface area contributed by atoms with Gasteiger partial charge in [0, 0.05) is 37.0 Å². The molecule has 1 unspecified atom stereocenters. The number of anilines is 1. The van der Waals surface area contributed by atoms with Crippen LogP contribution in [-0.2, 0) is 11.2 Å². The van der Waals surface area contributed by atoms with Crippen molar-refractivity contribution >= 4 is 34.9 Å². The molecule has 39 heavy (non-hydrogen) atoms. The lowest BCUT2D eigenvalue weighted by Gasteiger charge is -2.22. The summed E-state index contributed by atoms with van der Waals surface area (Å²) in [7, 11) is 1.23. The van der Waals surface area contributed by atoms with Crippen LogP contribution in [0.1, 0.15) is 48.8 Å². The fourth-order valence-electron chi connectivity index (χ4n) is 3.78. The van der Waals surface area contributed by atoms with Gasteiger partial charge in [-0.2, -0.15) is 0 Å². The van der Waals surface area contributed by atoms with E-state index in [0.717, 1.165) is 12.3 Å². The number of methoxy groups -OCH3 is 1. The van der Waals surface area contributed by atoms with Crippen molar-refractivity contribution in [3.63, 3.8) is 0 Å². The predicted octanol–water partition coefficient (Wildman–Crippen LogP) is 5.50. The van der Waals surface area contributed by atoms with Crippen LogP contribution in [0.3, 0.4) is 0 Å². The fraction of sp³-hybridized carbons (Fsp3) is 0.133. The Balaban J connectivity index is 1.99. The standard InChI is InChI=1S/C30H25ClN2O6/c1-18(34)23-13-10-21(31)15-24(23)25-16-28(35)33(17-27(25)39-2)26(14-19-6-4-3-5-7-19)29(36)32-22-11-8-20(9-12-22)30(37)38/h3-13,15-17,26H,14H2,1-2H3,(H,32,36)(H,37,38)/i3D,4D,5D,6D,7D,14D2. The Labute approximate surface area is 239 Å². The highest BCUT2D eigenvalue weighted by Gasteiger charge is 2.25. The van der Waals surface area contributed by atoms with Gasteiger partial charge in [0.25, 0.3) is 5.56 Å². The SMILES string of the molecule is [2H]c1c([2H])c([2H])c(C([2H])([2H])C(C(=O)Nc2ccc(C(=O)O)cc2)n2cc(OC)c(-c3cc(Cl)ccc3C(C)=O)cc2=O)c([2H])c1[2H]. The van der Waals surface area contributed by atoms with Crippen LogP contribution < -0.4 is 15.6 Å². The third kappa shape index (κ3) is 6.25. The second kappa shape index (κ2) is 11.8. The lowest BCUT2D eigenvalue weighted by atomic mass is 9.97. The van der Waals surface area contributed by atoms with E-state index in [4.69, 9.17) is 25.9 Å². The van der Waals surface area contributed by atoms with E-state index in [-0.39, 0.29) is 44.5 Å². The van der Waals surface area contributed by atoms with Crippen molar-refractivity contribution in [2.75, 3.05) is 12.4 Å². The number of halogens is 1. The van der Waals surface area contributed by atoms with Gasteiger partial charge in [-0.05, 0) is 60.5 Å². The number of carbonyl (C=O) groups is 3. The molecule has 8 nitrogen and oxygen atoms in total. The van der Waals surface area contributed by atoms with Gasteiger partial charge in [0.05, 0.1) is 25.7 Å². The minimum absolute atomic E-state index is 0.0125. The van der Waals surface area contributed by atoms with Crippen LogP contribution in [-0.4, -0.2) is 34.4 Å². The second-order valence-corrected chi connectivity index (χ2v) is 8.60. The van der Waals surface area contributed by atoms with Gasteiger partial charge in [-0.1, -0.05) is 41.8 Å². The van der Waals surface area contributed by atoms with Crippen molar-refractivity contribution in [3.8, 4) is 16.9 Å². The van der Waals surface area contributed by atoms with Gasteiger partial charge >= 0.3 is 5.97 Å². The van der Waals surface area contributed by atoms with E-state index in [9.17, 15) is 24.3 Å². The molecule has 0 fully saturated rings. The Hall–Kier alpha value is -4.69. The van der Waals surface area contributed by atoms with Gasteiger partial charge in [0.1, 0.15) is 11.8 Å². The van der Waals surface area contributed by atoms with Crippen LogP contribution in [0.15, 0.2) is 89.7 Å². The van der Waals surface area contributed by atoms with Crippen LogP contribution in [0.5, 0.6) is 5.75 Å². The molecule has 0 aliphatic heterocycles. The van der Waals surface area contributed by atoms with E-state index in [1.807, 2.05) is 0 Å². The highest BCUT2D eigenvalue weighted by atomic mass is 35.5. The topological polar surface area (TPSA) is 115 Å². The maximum absolute atomic E-state index is 13.9. The van der Waals surface area contributed by atoms with Crippen molar-refractivity contribution in [2.24, 2.45) is 0 Å². The second-order valence-electron chi connectivity index (χ2n) is 8.17. The number of carboxylic acids is 1. The van der Waals surface area contributed by atoms with E-state index < -0.39 is 65.6 Å². The first-order valence-corrected chi connectivity index (χ1v) is 11.7. The zero-order valence-corrected chi connectivity index (χ0v) is 21.3. The summed E-state index contributed by atoms with van der Waals surface area (Å²) in [6, 6.07) is 3.58. The molecule has 0 saturated heterocycles. The van der Waals surface area contributed by atoms with Gasteiger partial charge < -0.3 is 15.2 Å². The summed E-state index contributed by atoms with van der Waals surface area (Å²) >= 11 is 6.18. The first-order valence-electron chi connectivity index (χ1n) is 14.8. The van der Waals surface area contributed by atoms with Crippen LogP contribution in [0.4, 0.5) is 5.69 Å². The number of aromatic nitrogens is 1. The number of ether oxygens (including phenoxy) is 1. The van der Waals surface area contributed by atoms with E-state index in [0.29, 0.717) is 4.57 Å². The van der Waals surface area contributed by atoms with Crippen LogP contribution >= 0.6 is 11.6 Å². The molecule has 2 N–H and O–H groups in total. The number of hydrogen-bond donors (Lipinski definition) is 2. The van der Waals surface area contributed by atoms with Gasteiger partial charge in [0.2, 0.25) is 5.91 Å². The molecule has 1 heterocycles. The van der Waals surface area contributed by atoms with Crippen molar-refractivity contribution < 1.29 is 33.8 Å². The normalized spacial score (nSPS) is 14.4.